The second kappa shape index (κ2) is 5.71. The molecule has 9 heteroatoms. The van der Waals surface area contributed by atoms with Crippen LogP contribution in [-0.4, -0.2) is 56.4 Å². The summed E-state index contributed by atoms with van der Waals surface area (Å²) in [5.41, 5.74) is 1.92. The van der Waals surface area contributed by atoms with Gasteiger partial charge in [0.05, 0.1) is 11.2 Å². The van der Waals surface area contributed by atoms with Crippen molar-refractivity contribution >= 4 is 11.5 Å². The minimum Gasteiger partial charge on any atom is -0.463 e. The predicted molar refractivity (Wildman–Crippen MR) is 87.0 cm³/mol. The summed E-state index contributed by atoms with van der Waals surface area (Å²) in [5, 5.41) is 15.7. The average Bonchev–Trinajstić information content (AvgIpc) is 3.19. The number of hydrogen-bond acceptors (Lipinski definition) is 8. The second-order valence-electron chi connectivity index (χ2n) is 7.04. The largest absolute Gasteiger partial charge is 0.463 e. The van der Waals surface area contributed by atoms with Crippen LogP contribution < -0.4 is 0 Å². The van der Waals surface area contributed by atoms with Gasteiger partial charge in [-0.2, -0.15) is 5.10 Å². The van der Waals surface area contributed by atoms with Crippen molar-refractivity contribution in [1.29, 1.82) is 0 Å². The summed E-state index contributed by atoms with van der Waals surface area (Å²) in [5.74, 6) is -3.15. The van der Waals surface area contributed by atoms with Crippen molar-refractivity contribution in [3.8, 4) is 0 Å². The Morgan fingerprint density at radius 1 is 1.35 bits per heavy atom. The number of aliphatic hydroxyl groups is 1. The van der Waals surface area contributed by atoms with Crippen molar-refractivity contribution in [2.75, 3.05) is 6.61 Å². The lowest BCUT2D eigenvalue weighted by molar-refractivity contribution is -0.286. The molecule has 0 aliphatic carbocycles. The van der Waals surface area contributed by atoms with Gasteiger partial charge in [-0.25, -0.2) is 9.50 Å². The van der Waals surface area contributed by atoms with Crippen molar-refractivity contribution in [3.05, 3.63) is 29.8 Å². The third-order valence-corrected chi connectivity index (χ3v) is 4.67. The van der Waals surface area contributed by atoms with Gasteiger partial charge in [-0.15, -0.1) is 0 Å². The van der Waals surface area contributed by atoms with Crippen molar-refractivity contribution in [1.82, 2.24) is 14.6 Å². The van der Waals surface area contributed by atoms with Crippen LogP contribution in [0.2, 0.25) is 0 Å². The molecule has 2 aromatic rings. The molecule has 0 saturated carbocycles. The van der Waals surface area contributed by atoms with Crippen LogP contribution >= 0.6 is 0 Å². The summed E-state index contributed by atoms with van der Waals surface area (Å²) in [6.07, 6.45) is -0.660. The average molecular weight is 363 g/mol. The third-order valence-electron chi connectivity index (χ3n) is 4.67. The molecule has 2 fully saturated rings. The first-order chi connectivity index (χ1) is 12.2. The molecular formula is C17H21N3O6. The number of aryl methyl sites for hydroxylation is 1. The Balaban J connectivity index is 1.76. The fourth-order valence-electron chi connectivity index (χ4n) is 3.59. The minimum absolute atomic E-state index is 0.0461. The molecule has 4 atom stereocenters. The Kier molecular flexibility index (Phi) is 3.81. The maximum absolute atomic E-state index is 11.4. The van der Waals surface area contributed by atoms with E-state index < -0.39 is 35.9 Å². The van der Waals surface area contributed by atoms with Crippen LogP contribution in [0.15, 0.2) is 18.5 Å². The quantitative estimate of drug-likeness (QED) is 0.794. The maximum Gasteiger partial charge on any atom is 0.302 e. The molecular weight excluding hydrogens is 342 g/mol. The Morgan fingerprint density at radius 2 is 2.12 bits per heavy atom. The zero-order valence-corrected chi connectivity index (χ0v) is 15.0. The molecule has 1 N–H and O–H groups in total. The first-order valence-corrected chi connectivity index (χ1v) is 8.40. The number of carbonyl (C=O) groups is 1. The number of aromatic nitrogens is 3. The molecule has 0 amide bonds. The van der Waals surface area contributed by atoms with Gasteiger partial charge in [0.2, 0.25) is 5.79 Å². The summed E-state index contributed by atoms with van der Waals surface area (Å²) in [7, 11) is 0. The Bertz CT molecular complexity index is 865. The maximum atomic E-state index is 11.4. The number of esters is 1. The molecule has 4 heterocycles. The van der Waals surface area contributed by atoms with Gasteiger partial charge >= 0.3 is 5.97 Å². The lowest BCUT2D eigenvalue weighted by Gasteiger charge is -2.29. The SMILES string of the molecule is CC(=O)OC[C@H]1OC(O)(c2ccc3c(C)ncnn23)[C@@H]2OC(C)(C)O[C@@H]21. The summed E-state index contributed by atoms with van der Waals surface area (Å²) < 4.78 is 24.4. The van der Waals surface area contributed by atoms with E-state index in [1.165, 1.54) is 13.3 Å². The Labute approximate surface area is 149 Å². The van der Waals surface area contributed by atoms with Crippen LogP contribution in [0.1, 0.15) is 32.2 Å². The van der Waals surface area contributed by atoms with Crippen molar-refractivity contribution in [2.24, 2.45) is 0 Å². The van der Waals surface area contributed by atoms with E-state index in [1.54, 1.807) is 30.5 Å². The van der Waals surface area contributed by atoms with Gasteiger partial charge in [0, 0.05) is 6.92 Å². The third kappa shape index (κ3) is 2.59. The molecule has 0 aromatic carbocycles. The van der Waals surface area contributed by atoms with Crippen LogP contribution in [0.4, 0.5) is 0 Å². The molecule has 26 heavy (non-hydrogen) atoms. The fraction of sp³-hybridized carbons (Fsp3) is 0.588. The van der Waals surface area contributed by atoms with Crippen LogP contribution in [-0.2, 0) is 29.5 Å². The highest BCUT2D eigenvalue weighted by Gasteiger charge is 2.64. The smallest absolute Gasteiger partial charge is 0.302 e. The number of fused-ring (bicyclic) bond motifs is 2. The molecule has 2 aliphatic rings. The van der Waals surface area contributed by atoms with Crippen molar-refractivity contribution in [3.63, 3.8) is 0 Å². The number of nitrogens with zero attached hydrogens (tertiary/aromatic N) is 3. The number of ether oxygens (including phenoxy) is 4. The predicted octanol–water partition coefficient (Wildman–Crippen LogP) is 0.665. The molecule has 2 saturated heterocycles. The van der Waals surface area contributed by atoms with Gasteiger partial charge in [-0.1, -0.05) is 0 Å². The highest BCUT2D eigenvalue weighted by molar-refractivity contribution is 5.65. The molecule has 2 aromatic heterocycles. The lowest BCUT2D eigenvalue weighted by atomic mass is 10.0. The molecule has 4 rings (SSSR count). The zero-order valence-electron chi connectivity index (χ0n) is 15.0. The minimum atomic E-state index is -1.81. The Morgan fingerprint density at radius 3 is 2.85 bits per heavy atom. The van der Waals surface area contributed by atoms with Gasteiger partial charge in [0.15, 0.2) is 5.79 Å². The highest BCUT2D eigenvalue weighted by Crippen LogP contribution is 2.47. The first kappa shape index (κ1) is 17.3. The van der Waals surface area contributed by atoms with Gasteiger partial charge in [0.25, 0.3) is 0 Å². The lowest BCUT2D eigenvalue weighted by Crippen LogP contribution is -2.41. The standard InChI is InChI=1S/C17H21N3O6/c1-9-11-5-6-13(20(11)19-8-18-9)17(22)15-14(25-16(3,4)26-15)12(24-17)7-23-10(2)21/h5-6,8,12,14-15,22H,7H2,1-4H3/t12-,14-,15-,17?/m1/s1. The molecule has 9 nitrogen and oxygen atoms in total. The van der Waals surface area contributed by atoms with Gasteiger partial charge < -0.3 is 24.1 Å². The van der Waals surface area contributed by atoms with E-state index in [0.717, 1.165) is 11.2 Å². The van der Waals surface area contributed by atoms with E-state index in [-0.39, 0.29) is 6.61 Å². The summed E-state index contributed by atoms with van der Waals surface area (Å²) in [4.78, 5) is 15.3. The molecule has 140 valence electrons. The summed E-state index contributed by atoms with van der Waals surface area (Å²) in [6.45, 7) is 6.64. The number of hydrogen-bond donors (Lipinski definition) is 1. The second-order valence-corrected chi connectivity index (χ2v) is 7.04. The van der Waals surface area contributed by atoms with E-state index in [2.05, 4.69) is 10.1 Å². The highest BCUT2D eigenvalue weighted by atomic mass is 16.8. The number of rotatable bonds is 3. The summed E-state index contributed by atoms with van der Waals surface area (Å²) in [6, 6.07) is 3.53. The molecule has 0 spiro atoms. The van der Waals surface area contributed by atoms with Crippen LogP contribution in [0.3, 0.4) is 0 Å². The van der Waals surface area contributed by atoms with Crippen LogP contribution in [0.25, 0.3) is 5.52 Å². The fourth-order valence-corrected chi connectivity index (χ4v) is 3.59. The van der Waals surface area contributed by atoms with E-state index in [4.69, 9.17) is 18.9 Å². The summed E-state index contributed by atoms with van der Waals surface area (Å²) >= 11 is 0. The molecule has 0 bridgehead atoms. The van der Waals surface area contributed by atoms with Crippen molar-refractivity contribution < 1.29 is 28.8 Å². The molecule has 2 aliphatic heterocycles. The van der Waals surface area contributed by atoms with E-state index in [1.807, 2.05) is 6.92 Å². The Hall–Kier alpha value is -2.07. The first-order valence-electron chi connectivity index (χ1n) is 8.40. The molecule has 0 radical (unpaired) electrons. The topological polar surface area (TPSA) is 104 Å². The monoisotopic (exact) mass is 363 g/mol. The van der Waals surface area contributed by atoms with Crippen LogP contribution in [0.5, 0.6) is 0 Å². The number of carbonyl (C=O) groups excluding carboxylic acids is 1. The van der Waals surface area contributed by atoms with Crippen LogP contribution in [0, 0.1) is 6.92 Å². The van der Waals surface area contributed by atoms with Crippen molar-refractivity contribution in [2.45, 2.75) is 57.6 Å². The normalized spacial score (nSPS) is 32.7. The molecule has 1 unspecified atom stereocenters. The van der Waals surface area contributed by atoms with Gasteiger partial charge in [-0.05, 0) is 32.9 Å². The zero-order chi connectivity index (χ0) is 18.7. The van der Waals surface area contributed by atoms with E-state index in [0.29, 0.717) is 5.69 Å². The van der Waals surface area contributed by atoms with Gasteiger partial charge in [0.1, 0.15) is 36.9 Å². The van der Waals surface area contributed by atoms with E-state index >= 15 is 0 Å². The van der Waals surface area contributed by atoms with E-state index in [9.17, 15) is 9.90 Å². The van der Waals surface area contributed by atoms with Gasteiger partial charge in [-0.3, -0.25) is 4.79 Å².